The highest BCUT2D eigenvalue weighted by Crippen LogP contribution is 2.14. The molecule has 0 saturated heterocycles. The van der Waals surface area contributed by atoms with Gasteiger partial charge in [0.2, 0.25) is 0 Å². The third-order valence-corrected chi connectivity index (χ3v) is 3.05. The molecule has 0 aliphatic heterocycles. The van der Waals surface area contributed by atoms with Crippen LogP contribution in [0.2, 0.25) is 0 Å². The molecule has 1 aromatic carbocycles. The van der Waals surface area contributed by atoms with Crippen molar-refractivity contribution in [1.29, 1.82) is 0 Å². The lowest BCUT2D eigenvalue weighted by Gasteiger charge is -2.17. The Morgan fingerprint density at radius 3 is 2.42 bits per heavy atom. The fourth-order valence-corrected chi connectivity index (χ4v) is 1.99. The number of nitrogens with one attached hydrogen (secondary N) is 1. The van der Waals surface area contributed by atoms with Gasteiger partial charge in [0.15, 0.2) is 0 Å². The normalized spacial score (nSPS) is 12.4. The van der Waals surface area contributed by atoms with Gasteiger partial charge in [-0.2, -0.15) is 0 Å². The Morgan fingerprint density at radius 2 is 1.84 bits per heavy atom. The van der Waals surface area contributed by atoms with E-state index < -0.39 is 0 Å². The Labute approximate surface area is 117 Å². The minimum Gasteiger partial charge on any atom is -0.492 e. The summed E-state index contributed by atoms with van der Waals surface area (Å²) in [5.41, 5.74) is 1.38. The summed E-state index contributed by atoms with van der Waals surface area (Å²) in [6.45, 7) is 6.53. The maximum absolute atomic E-state index is 5.79. The van der Waals surface area contributed by atoms with E-state index in [2.05, 4.69) is 43.4 Å². The zero-order valence-corrected chi connectivity index (χ0v) is 12.4. The van der Waals surface area contributed by atoms with Gasteiger partial charge in [-0.3, -0.25) is 0 Å². The Morgan fingerprint density at radius 1 is 1.11 bits per heavy atom. The maximum atomic E-state index is 5.79. The summed E-state index contributed by atoms with van der Waals surface area (Å²) >= 11 is 0. The largest absolute Gasteiger partial charge is 0.492 e. The summed E-state index contributed by atoms with van der Waals surface area (Å²) in [4.78, 5) is 0. The van der Waals surface area contributed by atoms with E-state index in [1.807, 2.05) is 0 Å². The standard InChI is InChI=1S/C16H27NO2/c1-4-6-7-14-8-10-16(11-9-14)19-13-15(12-18-3)17-5-2/h8-11,15,17H,4-7,12-13H2,1-3H3. The topological polar surface area (TPSA) is 30.5 Å². The van der Waals surface area contributed by atoms with Gasteiger partial charge in [0.25, 0.3) is 0 Å². The second-order valence-electron chi connectivity index (χ2n) is 4.77. The summed E-state index contributed by atoms with van der Waals surface area (Å²) in [5, 5.41) is 3.34. The molecule has 108 valence electrons. The molecule has 0 aliphatic carbocycles. The van der Waals surface area contributed by atoms with Crippen molar-refractivity contribution >= 4 is 0 Å². The van der Waals surface area contributed by atoms with Gasteiger partial charge in [-0.25, -0.2) is 0 Å². The molecule has 19 heavy (non-hydrogen) atoms. The lowest BCUT2D eigenvalue weighted by molar-refractivity contribution is 0.137. The van der Waals surface area contributed by atoms with Crippen LogP contribution < -0.4 is 10.1 Å². The van der Waals surface area contributed by atoms with Crippen molar-refractivity contribution in [1.82, 2.24) is 5.32 Å². The summed E-state index contributed by atoms with van der Waals surface area (Å²) in [6.07, 6.45) is 3.64. The van der Waals surface area contributed by atoms with Crippen LogP contribution in [-0.4, -0.2) is 32.9 Å². The lowest BCUT2D eigenvalue weighted by Crippen LogP contribution is -2.38. The number of methoxy groups -OCH3 is 1. The van der Waals surface area contributed by atoms with E-state index in [4.69, 9.17) is 9.47 Å². The second-order valence-corrected chi connectivity index (χ2v) is 4.77. The summed E-state index contributed by atoms with van der Waals surface area (Å²) in [7, 11) is 1.72. The zero-order chi connectivity index (χ0) is 13.9. The van der Waals surface area contributed by atoms with E-state index >= 15 is 0 Å². The van der Waals surface area contributed by atoms with Crippen LogP contribution in [0, 0.1) is 0 Å². The summed E-state index contributed by atoms with van der Waals surface area (Å²) in [5.74, 6) is 0.930. The molecule has 3 heteroatoms. The van der Waals surface area contributed by atoms with Crippen molar-refractivity contribution in [2.75, 3.05) is 26.9 Å². The predicted molar refractivity (Wildman–Crippen MR) is 79.9 cm³/mol. The molecule has 0 radical (unpaired) electrons. The van der Waals surface area contributed by atoms with E-state index in [0.29, 0.717) is 13.2 Å². The van der Waals surface area contributed by atoms with Gasteiger partial charge in [0.1, 0.15) is 12.4 Å². The number of hydrogen-bond acceptors (Lipinski definition) is 3. The molecule has 1 N–H and O–H groups in total. The summed E-state index contributed by atoms with van der Waals surface area (Å²) < 4.78 is 11.0. The van der Waals surface area contributed by atoms with Gasteiger partial charge in [-0.15, -0.1) is 0 Å². The smallest absolute Gasteiger partial charge is 0.119 e. The Kier molecular flexibility index (Phi) is 8.26. The molecule has 0 amide bonds. The van der Waals surface area contributed by atoms with Crippen LogP contribution in [0.5, 0.6) is 5.75 Å². The van der Waals surface area contributed by atoms with Crippen LogP contribution in [0.1, 0.15) is 32.3 Å². The van der Waals surface area contributed by atoms with Gasteiger partial charge in [0.05, 0.1) is 12.6 Å². The molecule has 0 fully saturated rings. The molecule has 0 spiro atoms. The molecule has 0 aromatic heterocycles. The minimum absolute atomic E-state index is 0.245. The molecular weight excluding hydrogens is 238 g/mol. The molecule has 0 saturated carbocycles. The first kappa shape index (κ1) is 16.0. The van der Waals surface area contributed by atoms with Gasteiger partial charge in [-0.1, -0.05) is 32.4 Å². The van der Waals surface area contributed by atoms with Crippen molar-refractivity contribution < 1.29 is 9.47 Å². The van der Waals surface area contributed by atoms with E-state index in [0.717, 1.165) is 18.7 Å². The Bertz CT molecular complexity index is 318. The molecule has 1 atom stereocenters. The van der Waals surface area contributed by atoms with Crippen LogP contribution in [-0.2, 0) is 11.2 Å². The van der Waals surface area contributed by atoms with Gasteiger partial charge in [0, 0.05) is 7.11 Å². The third kappa shape index (κ3) is 6.60. The van der Waals surface area contributed by atoms with Crippen LogP contribution in [0.25, 0.3) is 0 Å². The van der Waals surface area contributed by atoms with Gasteiger partial charge in [-0.05, 0) is 37.1 Å². The zero-order valence-electron chi connectivity index (χ0n) is 12.4. The Balaban J connectivity index is 2.39. The Hall–Kier alpha value is -1.06. The number of rotatable bonds is 10. The van der Waals surface area contributed by atoms with E-state index in [1.54, 1.807) is 7.11 Å². The monoisotopic (exact) mass is 265 g/mol. The second kappa shape index (κ2) is 9.82. The molecular formula is C16H27NO2. The number of hydrogen-bond donors (Lipinski definition) is 1. The molecule has 0 heterocycles. The summed E-state index contributed by atoms with van der Waals surface area (Å²) in [6, 6.07) is 8.67. The van der Waals surface area contributed by atoms with Crippen LogP contribution in [0.4, 0.5) is 0 Å². The first-order valence-corrected chi connectivity index (χ1v) is 7.24. The van der Waals surface area contributed by atoms with Crippen molar-refractivity contribution in [3.8, 4) is 5.75 Å². The average Bonchev–Trinajstić information content (AvgIpc) is 2.44. The predicted octanol–water partition coefficient (Wildman–Crippen LogP) is 3.03. The molecule has 0 aliphatic rings. The first-order chi connectivity index (χ1) is 9.30. The number of unbranched alkanes of at least 4 members (excludes halogenated alkanes) is 1. The van der Waals surface area contributed by atoms with Gasteiger partial charge >= 0.3 is 0 Å². The fourth-order valence-electron chi connectivity index (χ4n) is 1.99. The van der Waals surface area contributed by atoms with Crippen LogP contribution >= 0.6 is 0 Å². The quantitative estimate of drug-likeness (QED) is 0.705. The minimum atomic E-state index is 0.245. The fraction of sp³-hybridized carbons (Fsp3) is 0.625. The highest BCUT2D eigenvalue weighted by atomic mass is 16.5. The van der Waals surface area contributed by atoms with Crippen molar-refractivity contribution in [2.45, 2.75) is 39.2 Å². The molecule has 3 nitrogen and oxygen atoms in total. The molecule has 1 rings (SSSR count). The van der Waals surface area contributed by atoms with Crippen molar-refractivity contribution in [3.05, 3.63) is 29.8 Å². The van der Waals surface area contributed by atoms with Crippen LogP contribution in [0.3, 0.4) is 0 Å². The number of aryl methyl sites for hydroxylation is 1. The number of likely N-dealkylation sites (N-methyl/N-ethyl adjacent to an activating group) is 1. The lowest BCUT2D eigenvalue weighted by atomic mass is 10.1. The van der Waals surface area contributed by atoms with E-state index in [1.165, 1.54) is 18.4 Å². The highest BCUT2D eigenvalue weighted by Gasteiger charge is 2.07. The molecule has 1 unspecified atom stereocenters. The van der Waals surface area contributed by atoms with E-state index in [9.17, 15) is 0 Å². The van der Waals surface area contributed by atoms with Crippen molar-refractivity contribution in [3.63, 3.8) is 0 Å². The highest BCUT2D eigenvalue weighted by molar-refractivity contribution is 5.27. The van der Waals surface area contributed by atoms with Crippen LogP contribution in [0.15, 0.2) is 24.3 Å². The maximum Gasteiger partial charge on any atom is 0.119 e. The van der Waals surface area contributed by atoms with E-state index in [-0.39, 0.29) is 6.04 Å². The first-order valence-electron chi connectivity index (χ1n) is 7.24. The average molecular weight is 265 g/mol. The van der Waals surface area contributed by atoms with Crippen molar-refractivity contribution in [2.24, 2.45) is 0 Å². The number of ether oxygens (including phenoxy) is 2. The number of benzene rings is 1. The van der Waals surface area contributed by atoms with Gasteiger partial charge < -0.3 is 14.8 Å². The molecule has 0 bridgehead atoms. The third-order valence-electron chi connectivity index (χ3n) is 3.05. The SMILES string of the molecule is CCCCc1ccc(OCC(COC)NCC)cc1. The molecule has 1 aromatic rings.